The Hall–Kier alpha value is -2.25. The first-order valence-corrected chi connectivity index (χ1v) is 8.79. The van der Waals surface area contributed by atoms with Gasteiger partial charge in [0.05, 0.1) is 41.6 Å². The molecule has 0 bridgehead atoms. The van der Waals surface area contributed by atoms with Crippen molar-refractivity contribution in [3.05, 3.63) is 58.6 Å². The van der Waals surface area contributed by atoms with Gasteiger partial charge in [0, 0.05) is 13.1 Å². The Bertz CT molecular complexity index is 821. The number of benzene rings is 2. The van der Waals surface area contributed by atoms with Crippen molar-refractivity contribution in [2.75, 3.05) is 36.5 Å². The fraction of sp³-hybridized carbons (Fsp3) is 0.316. The lowest BCUT2D eigenvalue weighted by Gasteiger charge is -2.31. The van der Waals surface area contributed by atoms with E-state index in [0.29, 0.717) is 42.7 Å². The highest BCUT2D eigenvalue weighted by atomic mass is 35.5. The number of alkyl halides is 3. The molecular formula is C19H18ClF3N2O2. The van der Waals surface area contributed by atoms with Gasteiger partial charge in [0.2, 0.25) is 5.91 Å². The Balaban J connectivity index is 1.76. The van der Waals surface area contributed by atoms with Gasteiger partial charge < -0.3 is 15.0 Å². The lowest BCUT2D eigenvalue weighted by atomic mass is 10.1. The van der Waals surface area contributed by atoms with Gasteiger partial charge in [-0.3, -0.25) is 4.79 Å². The number of amides is 1. The molecule has 0 spiro atoms. The van der Waals surface area contributed by atoms with Crippen LogP contribution < -0.4 is 10.2 Å². The standard InChI is InChI=1S/C19H18ClF3N2O2/c20-15-5-2-6-16(18(15)25-7-9-27-10-8-25)24-17(26)12-13-3-1-4-14(11-13)19(21,22)23/h1-6,11H,7-10,12H2,(H,24,26). The number of nitrogens with zero attached hydrogens (tertiary/aromatic N) is 1. The Morgan fingerprint density at radius 1 is 1.15 bits per heavy atom. The van der Waals surface area contributed by atoms with Crippen LogP contribution >= 0.6 is 11.6 Å². The second-order valence-corrected chi connectivity index (χ2v) is 6.57. The van der Waals surface area contributed by atoms with E-state index in [1.807, 2.05) is 4.90 Å². The molecule has 0 aromatic heterocycles. The van der Waals surface area contributed by atoms with Gasteiger partial charge in [-0.05, 0) is 23.8 Å². The van der Waals surface area contributed by atoms with E-state index in [0.717, 1.165) is 12.1 Å². The number of hydrogen-bond acceptors (Lipinski definition) is 3. The molecule has 27 heavy (non-hydrogen) atoms. The molecule has 2 aromatic rings. The summed E-state index contributed by atoms with van der Waals surface area (Å²) < 4.78 is 43.8. The summed E-state index contributed by atoms with van der Waals surface area (Å²) in [7, 11) is 0. The zero-order valence-electron chi connectivity index (χ0n) is 14.4. The first-order chi connectivity index (χ1) is 12.8. The Kier molecular flexibility index (Phi) is 5.92. The van der Waals surface area contributed by atoms with Gasteiger partial charge in [-0.1, -0.05) is 35.9 Å². The molecule has 0 unspecified atom stereocenters. The summed E-state index contributed by atoms with van der Waals surface area (Å²) in [5.41, 5.74) is 0.739. The maximum Gasteiger partial charge on any atom is 0.416 e. The number of carbonyl (C=O) groups is 1. The van der Waals surface area contributed by atoms with E-state index in [1.165, 1.54) is 12.1 Å². The first-order valence-electron chi connectivity index (χ1n) is 8.42. The van der Waals surface area contributed by atoms with E-state index in [1.54, 1.807) is 18.2 Å². The molecule has 2 aromatic carbocycles. The number of ether oxygens (including phenoxy) is 1. The van der Waals surface area contributed by atoms with Crippen LogP contribution in [-0.2, 0) is 22.1 Å². The summed E-state index contributed by atoms with van der Waals surface area (Å²) in [5.74, 6) is -0.411. The normalized spacial score (nSPS) is 14.9. The van der Waals surface area contributed by atoms with Crippen LogP contribution in [0.25, 0.3) is 0 Å². The van der Waals surface area contributed by atoms with Gasteiger partial charge >= 0.3 is 6.18 Å². The van der Waals surface area contributed by atoms with Gasteiger partial charge in [0.25, 0.3) is 0 Å². The number of hydrogen-bond donors (Lipinski definition) is 1. The van der Waals surface area contributed by atoms with Gasteiger partial charge in [0.15, 0.2) is 0 Å². The fourth-order valence-corrected chi connectivity index (χ4v) is 3.26. The summed E-state index contributed by atoms with van der Waals surface area (Å²) in [6.45, 7) is 2.39. The maximum atomic E-state index is 12.8. The van der Waals surface area contributed by atoms with E-state index < -0.39 is 17.6 Å². The van der Waals surface area contributed by atoms with Crippen LogP contribution in [0, 0.1) is 0 Å². The van der Waals surface area contributed by atoms with Crippen LogP contribution in [0.1, 0.15) is 11.1 Å². The Labute approximate surface area is 159 Å². The SMILES string of the molecule is O=C(Cc1cccc(C(F)(F)F)c1)Nc1cccc(Cl)c1N1CCOCC1. The summed E-state index contributed by atoms with van der Waals surface area (Å²) in [4.78, 5) is 14.4. The van der Waals surface area contributed by atoms with Crippen LogP contribution in [0.4, 0.5) is 24.5 Å². The van der Waals surface area contributed by atoms with Crippen molar-refractivity contribution in [3.63, 3.8) is 0 Å². The average Bonchev–Trinajstić information content (AvgIpc) is 2.62. The van der Waals surface area contributed by atoms with Crippen LogP contribution in [0.5, 0.6) is 0 Å². The van der Waals surface area contributed by atoms with Crippen LogP contribution in [-0.4, -0.2) is 32.2 Å². The monoisotopic (exact) mass is 398 g/mol. The van der Waals surface area contributed by atoms with Crippen molar-refractivity contribution in [3.8, 4) is 0 Å². The highest BCUT2D eigenvalue weighted by molar-refractivity contribution is 6.34. The second kappa shape index (κ2) is 8.19. The average molecular weight is 399 g/mol. The van der Waals surface area contributed by atoms with Crippen LogP contribution in [0.3, 0.4) is 0 Å². The van der Waals surface area contributed by atoms with Gasteiger partial charge in [-0.2, -0.15) is 13.2 Å². The van der Waals surface area contributed by atoms with Crippen LogP contribution in [0.15, 0.2) is 42.5 Å². The van der Waals surface area contributed by atoms with E-state index >= 15 is 0 Å². The molecule has 0 saturated carbocycles. The van der Waals surface area contributed by atoms with E-state index in [-0.39, 0.29) is 12.0 Å². The summed E-state index contributed by atoms with van der Waals surface area (Å²) in [5, 5.41) is 3.26. The zero-order chi connectivity index (χ0) is 19.4. The molecule has 3 rings (SSSR count). The fourth-order valence-electron chi connectivity index (χ4n) is 2.96. The molecule has 1 N–H and O–H groups in total. The lowest BCUT2D eigenvalue weighted by Crippen LogP contribution is -2.37. The van der Waals surface area contributed by atoms with Crippen molar-refractivity contribution >= 4 is 28.9 Å². The molecular weight excluding hydrogens is 381 g/mol. The van der Waals surface area contributed by atoms with E-state index in [9.17, 15) is 18.0 Å². The maximum absolute atomic E-state index is 12.8. The summed E-state index contributed by atoms with van der Waals surface area (Å²) in [6.07, 6.45) is -4.61. The first kappa shape index (κ1) is 19.5. The van der Waals surface area contributed by atoms with Gasteiger partial charge in [-0.15, -0.1) is 0 Å². The topological polar surface area (TPSA) is 41.6 Å². The number of morpholine rings is 1. The molecule has 0 atom stereocenters. The van der Waals surface area contributed by atoms with Crippen molar-refractivity contribution in [2.45, 2.75) is 12.6 Å². The molecule has 1 aliphatic rings. The van der Waals surface area contributed by atoms with Crippen molar-refractivity contribution in [1.82, 2.24) is 0 Å². The zero-order valence-corrected chi connectivity index (χ0v) is 15.1. The van der Waals surface area contributed by atoms with Crippen molar-refractivity contribution < 1.29 is 22.7 Å². The van der Waals surface area contributed by atoms with Crippen molar-refractivity contribution in [1.29, 1.82) is 0 Å². The number of nitrogens with one attached hydrogen (secondary N) is 1. The number of para-hydroxylation sites is 1. The van der Waals surface area contributed by atoms with Crippen LogP contribution in [0.2, 0.25) is 5.02 Å². The molecule has 1 fully saturated rings. The van der Waals surface area contributed by atoms with Crippen molar-refractivity contribution in [2.24, 2.45) is 0 Å². The Morgan fingerprint density at radius 2 is 1.85 bits per heavy atom. The smallest absolute Gasteiger partial charge is 0.378 e. The molecule has 1 heterocycles. The minimum Gasteiger partial charge on any atom is -0.378 e. The van der Waals surface area contributed by atoms with E-state index in [4.69, 9.17) is 16.3 Å². The summed E-state index contributed by atoms with van der Waals surface area (Å²) >= 11 is 6.32. The molecule has 1 amide bonds. The lowest BCUT2D eigenvalue weighted by molar-refractivity contribution is -0.137. The highest BCUT2D eigenvalue weighted by Crippen LogP contribution is 2.34. The van der Waals surface area contributed by atoms with Gasteiger partial charge in [0.1, 0.15) is 0 Å². The predicted octanol–water partition coefficient (Wildman–Crippen LogP) is 4.38. The number of carbonyl (C=O) groups excluding carboxylic acids is 1. The largest absolute Gasteiger partial charge is 0.416 e. The number of rotatable bonds is 4. The molecule has 1 saturated heterocycles. The third-order valence-corrected chi connectivity index (χ3v) is 4.51. The second-order valence-electron chi connectivity index (χ2n) is 6.16. The number of halogens is 4. The quantitative estimate of drug-likeness (QED) is 0.831. The molecule has 4 nitrogen and oxygen atoms in total. The molecule has 0 aliphatic carbocycles. The minimum absolute atomic E-state index is 0.168. The Morgan fingerprint density at radius 3 is 2.56 bits per heavy atom. The van der Waals surface area contributed by atoms with Gasteiger partial charge in [-0.25, -0.2) is 0 Å². The molecule has 1 aliphatic heterocycles. The number of anilines is 2. The molecule has 0 radical (unpaired) electrons. The third kappa shape index (κ3) is 4.93. The molecule has 8 heteroatoms. The minimum atomic E-state index is -4.44. The third-order valence-electron chi connectivity index (χ3n) is 4.21. The molecule has 144 valence electrons. The van der Waals surface area contributed by atoms with E-state index in [2.05, 4.69) is 5.32 Å². The highest BCUT2D eigenvalue weighted by Gasteiger charge is 2.30. The summed E-state index contributed by atoms with van der Waals surface area (Å²) in [6, 6.07) is 9.93. The predicted molar refractivity (Wildman–Crippen MR) is 98.3 cm³/mol.